The fourth-order valence-electron chi connectivity index (χ4n) is 2.87. The largest absolute Gasteiger partial charge is 0.433 e. The average Bonchev–Trinajstić information content (AvgIpc) is 2.69. The van der Waals surface area contributed by atoms with Gasteiger partial charge in [0.25, 0.3) is 0 Å². The number of allylic oxidation sites excluding steroid dienone is 1. The van der Waals surface area contributed by atoms with Crippen molar-refractivity contribution in [3.05, 3.63) is 36.4 Å². The molecule has 2 nitrogen and oxygen atoms in total. The summed E-state index contributed by atoms with van der Waals surface area (Å²) < 4.78 is 29.1. The summed E-state index contributed by atoms with van der Waals surface area (Å²) >= 11 is 0. The first-order valence-corrected chi connectivity index (χ1v) is 6.21. The van der Waals surface area contributed by atoms with Gasteiger partial charge in [-0.1, -0.05) is 24.3 Å². The second-order valence-electron chi connectivity index (χ2n) is 4.86. The van der Waals surface area contributed by atoms with E-state index in [0.717, 1.165) is 18.8 Å². The molecule has 0 aromatic heterocycles. The molecule has 3 rings (SSSR count). The lowest BCUT2D eigenvalue weighted by Crippen LogP contribution is -2.43. The summed E-state index contributed by atoms with van der Waals surface area (Å²) in [6, 6.07) is 7.21. The molecule has 0 spiro atoms. The summed E-state index contributed by atoms with van der Waals surface area (Å²) in [7, 11) is 0. The Balaban J connectivity index is 1.70. The number of anilines is 1. The summed E-state index contributed by atoms with van der Waals surface area (Å²) in [5, 5.41) is 3.31. The van der Waals surface area contributed by atoms with E-state index in [-0.39, 0.29) is 5.75 Å². The molecule has 1 N–H and O–H groups in total. The Morgan fingerprint density at radius 3 is 2.89 bits per heavy atom. The highest BCUT2D eigenvalue weighted by Crippen LogP contribution is 2.44. The van der Waals surface area contributed by atoms with Crippen LogP contribution in [-0.2, 0) is 0 Å². The molecule has 1 fully saturated rings. The predicted molar refractivity (Wildman–Crippen MR) is 65.8 cm³/mol. The van der Waals surface area contributed by atoms with Crippen molar-refractivity contribution in [1.82, 2.24) is 0 Å². The summed E-state index contributed by atoms with van der Waals surface area (Å²) in [4.78, 5) is 0. The van der Waals surface area contributed by atoms with Crippen LogP contribution in [0.2, 0.25) is 0 Å². The molecule has 18 heavy (non-hydrogen) atoms. The van der Waals surface area contributed by atoms with Crippen LogP contribution >= 0.6 is 0 Å². The van der Waals surface area contributed by atoms with Crippen molar-refractivity contribution in [1.29, 1.82) is 0 Å². The Labute approximate surface area is 105 Å². The van der Waals surface area contributed by atoms with Crippen molar-refractivity contribution in [3.63, 3.8) is 0 Å². The first-order chi connectivity index (χ1) is 8.74. The Kier molecular flexibility index (Phi) is 2.94. The molecule has 0 amide bonds. The van der Waals surface area contributed by atoms with Gasteiger partial charge in [-0.25, -0.2) is 0 Å². The molecular formula is C14H15F2NO. The quantitative estimate of drug-likeness (QED) is 0.824. The molecule has 0 heterocycles. The van der Waals surface area contributed by atoms with Gasteiger partial charge in [0.1, 0.15) is 5.75 Å². The van der Waals surface area contributed by atoms with Crippen LogP contribution in [0.15, 0.2) is 36.4 Å². The van der Waals surface area contributed by atoms with Gasteiger partial charge in [-0.05, 0) is 30.9 Å². The Hall–Kier alpha value is -1.58. The number of benzene rings is 1. The third-order valence-electron chi connectivity index (χ3n) is 3.81. The molecule has 96 valence electrons. The van der Waals surface area contributed by atoms with Gasteiger partial charge >= 0.3 is 6.61 Å². The molecule has 2 aliphatic carbocycles. The number of fused-ring (bicyclic) bond motifs is 1. The summed E-state index contributed by atoms with van der Waals surface area (Å²) in [6.45, 7) is -2.78. The fraction of sp³-hybridized carbons (Fsp3) is 0.429. The highest BCUT2D eigenvalue weighted by atomic mass is 19.3. The minimum absolute atomic E-state index is 0.220. The first-order valence-electron chi connectivity index (χ1n) is 6.21. The van der Waals surface area contributed by atoms with Crippen molar-refractivity contribution >= 4 is 5.69 Å². The van der Waals surface area contributed by atoms with Crippen LogP contribution in [0.25, 0.3) is 0 Å². The van der Waals surface area contributed by atoms with E-state index in [1.165, 1.54) is 0 Å². The van der Waals surface area contributed by atoms with Crippen LogP contribution in [0, 0.1) is 11.8 Å². The number of ether oxygens (including phenoxy) is 1. The van der Waals surface area contributed by atoms with Gasteiger partial charge in [0.05, 0.1) is 5.69 Å². The van der Waals surface area contributed by atoms with Gasteiger partial charge in [0.15, 0.2) is 0 Å². The van der Waals surface area contributed by atoms with Gasteiger partial charge in [0.2, 0.25) is 0 Å². The zero-order valence-corrected chi connectivity index (χ0v) is 9.85. The van der Waals surface area contributed by atoms with E-state index in [9.17, 15) is 8.78 Å². The van der Waals surface area contributed by atoms with E-state index in [1.54, 1.807) is 18.2 Å². The number of rotatable bonds is 4. The van der Waals surface area contributed by atoms with Gasteiger partial charge in [-0.2, -0.15) is 8.78 Å². The molecule has 0 bridgehead atoms. The number of hydrogen-bond acceptors (Lipinski definition) is 2. The van der Waals surface area contributed by atoms with Gasteiger partial charge in [-0.15, -0.1) is 0 Å². The van der Waals surface area contributed by atoms with E-state index < -0.39 is 6.61 Å². The number of alkyl halides is 2. The normalized spacial score (nSPS) is 28.9. The van der Waals surface area contributed by atoms with E-state index >= 15 is 0 Å². The molecule has 1 aromatic carbocycles. The predicted octanol–water partition coefficient (Wildman–Crippen LogP) is 3.66. The lowest BCUT2D eigenvalue weighted by atomic mass is 9.71. The third kappa shape index (κ3) is 2.07. The number of hydrogen-bond donors (Lipinski definition) is 1. The first kappa shape index (κ1) is 11.5. The van der Waals surface area contributed by atoms with Crippen LogP contribution in [0.4, 0.5) is 14.5 Å². The molecule has 1 saturated carbocycles. The maximum Gasteiger partial charge on any atom is 0.387 e. The van der Waals surface area contributed by atoms with Crippen molar-refractivity contribution < 1.29 is 13.5 Å². The second-order valence-corrected chi connectivity index (χ2v) is 4.86. The Morgan fingerprint density at radius 2 is 2.11 bits per heavy atom. The van der Waals surface area contributed by atoms with Crippen molar-refractivity contribution in [2.24, 2.45) is 11.8 Å². The maximum absolute atomic E-state index is 12.3. The molecule has 1 aromatic rings. The lowest BCUT2D eigenvalue weighted by molar-refractivity contribution is -0.0494. The maximum atomic E-state index is 12.3. The van der Waals surface area contributed by atoms with Gasteiger partial charge in [0, 0.05) is 12.0 Å². The Morgan fingerprint density at radius 1 is 1.28 bits per heavy atom. The molecule has 2 aliphatic rings. The smallest absolute Gasteiger partial charge is 0.387 e. The number of para-hydroxylation sites is 2. The average molecular weight is 251 g/mol. The van der Waals surface area contributed by atoms with Crippen molar-refractivity contribution in [3.8, 4) is 5.75 Å². The molecular weight excluding hydrogens is 236 g/mol. The zero-order chi connectivity index (χ0) is 12.5. The number of halogens is 2. The number of nitrogens with one attached hydrogen (secondary N) is 1. The summed E-state index contributed by atoms with van der Waals surface area (Å²) in [6.07, 6.45) is 6.68. The molecule has 0 radical (unpaired) electrons. The Bertz CT molecular complexity index is 461. The van der Waals surface area contributed by atoms with Crippen LogP contribution in [-0.4, -0.2) is 12.7 Å². The van der Waals surface area contributed by atoms with Crippen molar-refractivity contribution in [2.75, 3.05) is 5.32 Å². The fourth-order valence-corrected chi connectivity index (χ4v) is 2.87. The van der Waals surface area contributed by atoms with Gasteiger partial charge in [-0.3, -0.25) is 0 Å². The zero-order valence-electron chi connectivity index (χ0n) is 9.85. The summed E-state index contributed by atoms with van der Waals surface area (Å²) in [5.41, 5.74) is 0.654. The minimum atomic E-state index is -2.78. The van der Waals surface area contributed by atoms with Crippen LogP contribution < -0.4 is 10.1 Å². The standard InChI is InChI=1S/C14H15F2NO/c15-14(16)18-13-7-2-1-6-11(13)17-12-8-9-4-3-5-10(9)12/h1-3,5-7,9-10,12,14,17H,4,8H2. The molecule has 3 unspecified atom stereocenters. The summed E-state index contributed by atoms with van der Waals surface area (Å²) in [5.74, 6) is 1.51. The molecule has 0 saturated heterocycles. The van der Waals surface area contributed by atoms with E-state index in [0.29, 0.717) is 17.6 Å². The van der Waals surface area contributed by atoms with Crippen LogP contribution in [0.3, 0.4) is 0 Å². The minimum Gasteiger partial charge on any atom is -0.433 e. The highest BCUT2D eigenvalue weighted by Gasteiger charge is 2.41. The third-order valence-corrected chi connectivity index (χ3v) is 3.81. The van der Waals surface area contributed by atoms with Crippen LogP contribution in [0.5, 0.6) is 5.75 Å². The molecule has 4 heteroatoms. The second kappa shape index (κ2) is 4.59. The SMILES string of the molecule is FC(F)Oc1ccccc1NC1CC2CC=CC21. The topological polar surface area (TPSA) is 21.3 Å². The van der Waals surface area contributed by atoms with E-state index in [4.69, 9.17) is 0 Å². The van der Waals surface area contributed by atoms with Crippen LogP contribution in [0.1, 0.15) is 12.8 Å². The molecule has 0 aliphatic heterocycles. The monoisotopic (exact) mass is 251 g/mol. The van der Waals surface area contributed by atoms with Gasteiger partial charge < -0.3 is 10.1 Å². The van der Waals surface area contributed by atoms with E-state index in [1.807, 2.05) is 6.07 Å². The highest BCUT2D eigenvalue weighted by molar-refractivity contribution is 5.57. The lowest BCUT2D eigenvalue weighted by Gasteiger charge is -2.41. The van der Waals surface area contributed by atoms with Crippen molar-refractivity contribution in [2.45, 2.75) is 25.5 Å². The molecule has 3 atom stereocenters. The van der Waals surface area contributed by atoms with E-state index in [2.05, 4.69) is 22.2 Å².